The molecule has 0 amide bonds. The van der Waals surface area contributed by atoms with E-state index in [2.05, 4.69) is 75.0 Å². The summed E-state index contributed by atoms with van der Waals surface area (Å²) in [6.07, 6.45) is 4.42. The average Bonchev–Trinajstić information content (AvgIpc) is 2.30. The van der Waals surface area contributed by atoms with Crippen molar-refractivity contribution in [2.45, 2.75) is 20.8 Å². The number of nitrogens with zero attached hydrogens (tertiary/aromatic N) is 1. The topological polar surface area (TPSA) is 3.88 Å². The number of hydrogen-bond acceptors (Lipinski definition) is 0. The molecule has 0 atom stereocenters. The number of aromatic nitrogens is 1. The minimum atomic E-state index is 0.548. The van der Waals surface area contributed by atoms with Gasteiger partial charge in [0.25, 0.3) is 0 Å². The first-order chi connectivity index (χ1) is 8.13. The molecule has 1 aromatic carbocycles. The lowest BCUT2D eigenvalue weighted by Gasteiger charge is -2.09. The highest BCUT2D eigenvalue weighted by Gasteiger charge is 2.15. The number of fused-ring (bicyclic) bond motifs is 1. The molecule has 0 bridgehead atoms. The molecule has 1 heterocycles. The predicted molar refractivity (Wildman–Crippen MR) is 73.6 cm³/mol. The van der Waals surface area contributed by atoms with Crippen LogP contribution in [0.25, 0.3) is 16.3 Å². The molecule has 0 saturated heterocycles. The summed E-state index contributed by atoms with van der Waals surface area (Å²) in [6.45, 7) is 6.60. The maximum atomic E-state index is 2.28. The Labute approximate surface area is 103 Å². The van der Waals surface area contributed by atoms with E-state index in [4.69, 9.17) is 0 Å². The Hall–Kier alpha value is -1.63. The maximum Gasteiger partial charge on any atom is 0.208 e. The molecule has 1 heteroatoms. The molecule has 0 aliphatic heterocycles. The molecule has 1 nitrogen and oxygen atoms in total. The Bertz CT molecular complexity index is 565. The quantitative estimate of drug-likeness (QED) is 0.687. The standard InChI is InChI=1S/C16H20N/c1-5-15(12(2)3)16-10-13-8-6-7-9-14(13)11-17(16)4/h5-12H,1-4H3/q+1. The van der Waals surface area contributed by atoms with E-state index in [-0.39, 0.29) is 0 Å². The Morgan fingerprint density at radius 1 is 1.18 bits per heavy atom. The number of hydrogen-bond donors (Lipinski definition) is 0. The van der Waals surface area contributed by atoms with Crippen LogP contribution < -0.4 is 4.57 Å². The highest BCUT2D eigenvalue weighted by Crippen LogP contribution is 2.22. The van der Waals surface area contributed by atoms with E-state index in [1.807, 2.05) is 0 Å². The second kappa shape index (κ2) is 4.70. The molecule has 0 N–H and O–H groups in total. The average molecular weight is 226 g/mol. The highest BCUT2D eigenvalue weighted by atomic mass is 14.9. The number of allylic oxidation sites excluding steroid dienone is 2. The van der Waals surface area contributed by atoms with Crippen molar-refractivity contribution in [1.82, 2.24) is 0 Å². The van der Waals surface area contributed by atoms with Crippen LogP contribution in [0.1, 0.15) is 26.5 Å². The third kappa shape index (κ3) is 2.23. The molecule has 1 aromatic heterocycles. The van der Waals surface area contributed by atoms with Gasteiger partial charge in [-0.15, -0.1) is 0 Å². The summed E-state index contributed by atoms with van der Waals surface area (Å²) in [7, 11) is 2.12. The summed E-state index contributed by atoms with van der Waals surface area (Å²) >= 11 is 0. The van der Waals surface area contributed by atoms with Crippen molar-refractivity contribution >= 4 is 16.3 Å². The number of pyridine rings is 1. The minimum Gasteiger partial charge on any atom is -0.201 e. The lowest BCUT2D eigenvalue weighted by atomic mass is 9.97. The Balaban J connectivity index is 2.66. The van der Waals surface area contributed by atoms with Gasteiger partial charge in [0.1, 0.15) is 7.05 Å². The van der Waals surface area contributed by atoms with E-state index in [1.165, 1.54) is 22.0 Å². The van der Waals surface area contributed by atoms with Crippen molar-refractivity contribution in [3.63, 3.8) is 0 Å². The molecule has 2 rings (SSSR count). The van der Waals surface area contributed by atoms with Crippen LogP contribution in [0.3, 0.4) is 0 Å². The van der Waals surface area contributed by atoms with E-state index in [1.54, 1.807) is 0 Å². The first kappa shape index (κ1) is 11.8. The van der Waals surface area contributed by atoms with Crippen LogP contribution in [0.4, 0.5) is 0 Å². The summed E-state index contributed by atoms with van der Waals surface area (Å²) in [4.78, 5) is 0. The zero-order chi connectivity index (χ0) is 12.4. The molecule has 0 saturated carbocycles. The van der Waals surface area contributed by atoms with Gasteiger partial charge in [-0.25, -0.2) is 4.57 Å². The zero-order valence-corrected chi connectivity index (χ0v) is 11.1. The minimum absolute atomic E-state index is 0.548. The van der Waals surface area contributed by atoms with Gasteiger partial charge >= 0.3 is 0 Å². The number of benzene rings is 1. The van der Waals surface area contributed by atoms with Gasteiger partial charge in [-0.05, 0) is 24.3 Å². The fourth-order valence-electron chi connectivity index (χ4n) is 2.35. The normalized spacial score (nSPS) is 12.4. The van der Waals surface area contributed by atoms with Crippen molar-refractivity contribution in [1.29, 1.82) is 0 Å². The molecular formula is C16H20N+. The van der Waals surface area contributed by atoms with Crippen LogP contribution in [0, 0.1) is 5.92 Å². The summed E-state index contributed by atoms with van der Waals surface area (Å²) in [5, 5.41) is 2.60. The molecule has 0 spiro atoms. The van der Waals surface area contributed by atoms with Gasteiger partial charge in [0.05, 0.1) is 0 Å². The fourth-order valence-corrected chi connectivity index (χ4v) is 2.35. The monoisotopic (exact) mass is 226 g/mol. The predicted octanol–water partition coefficient (Wildman–Crippen LogP) is 3.72. The number of aryl methyl sites for hydroxylation is 1. The zero-order valence-electron chi connectivity index (χ0n) is 11.1. The molecule has 0 fully saturated rings. The van der Waals surface area contributed by atoms with Crippen molar-refractivity contribution in [2.24, 2.45) is 13.0 Å². The third-order valence-corrected chi connectivity index (χ3v) is 3.23. The Morgan fingerprint density at radius 3 is 2.41 bits per heavy atom. The second-order valence-corrected chi connectivity index (χ2v) is 4.80. The molecule has 0 radical (unpaired) electrons. The van der Waals surface area contributed by atoms with Crippen LogP contribution in [-0.2, 0) is 7.05 Å². The molecule has 0 unspecified atom stereocenters. The van der Waals surface area contributed by atoms with Crippen molar-refractivity contribution in [3.05, 3.63) is 48.3 Å². The van der Waals surface area contributed by atoms with Gasteiger partial charge in [0, 0.05) is 17.0 Å². The van der Waals surface area contributed by atoms with Crippen LogP contribution in [0.2, 0.25) is 0 Å². The molecule has 17 heavy (non-hydrogen) atoms. The Kier molecular flexibility index (Phi) is 3.28. The molecule has 2 aromatic rings. The van der Waals surface area contributed by atoms with Crippen molar-refractivity contribution in [2.75, 3.05) is 0 Å². The van der Waals surface area contributed by atoms with Gasteiger partial charge in [-0.2, -0.15) is 0 Å². The molecule has 0 aliphatic carbocycles. The fraction of sp³-hybridized carbons (Fsp3) is 0.312. The van der Waals surface area contributed by atoms with E-state index < -0.39 is 0 Å². The van der Waals surface area contributed by atoms with Gasteiger partial charge in [0.2, 0.25) is 5.69 Å². The van der Waals surface area contributed by atoms with Gasteiger partial charge < -0.3 is 0 Å². The van der Waals surface area contributed by atoms with Gasteiger partial charge in [-0.3, -0.25) is 0 Å². The van der Waals surface area contributed by atoms with Crippen molar-refractivity contribution < 1.29 is 4.57 Å². The molecule has 0 aliphatic rings. The van der Waals surface area contributed by atoms with Gasteiger partial charge in [-0.1, -0.05) is 38.1 Å². The lowest BCUT2D eigenvalue weighted by molar-refractivity contribution is -0.672. The van der Waals surface area contributed by atoms with Crippen LogP contribution in [0.5, 0.6) is 0 Å². The SMILES string of the molecule is CC=C(c1cc2ccccc2c[n+]1C)C(C)C. The Morgan fingerprint density at radius 2 is 1.82 bits per heavy atom. The summed E-state index contributed by atoms with van der Waals surface area (Å²) in [6, 6.07) is 10.8. The van der Waals surface area contributed by atoms with Crippen LogP contribution in [-0.4, -0.2) is 0 Å². The second-order valence-electron chi connectivity index (χ2n) is 4.80. The molecule has 88 valence electrons. The third-order valence-electron chi connectivity index (χ3n) is 3.23. The summed E-state index contributed by atoms with van der Waals surface area (Å²) < 4.78 is 2.22. The van der Waals surface area contributed by atoms with Crippen molar-refractivity contribution in [3.8, 4) is 0 Å². The summed E-state index contributed by atoms with van der Waals surface area (Å²) in [5.74, 6) is 0.548. The summed E-state index contributed by atoms with van der Waals surface area (Å²) in [5.41, 5.74) is 2.71. The smallest absolute Gasteiger partial charge is 0.201 e. The van der Waals surface area contributed by atoms with Crippen LogP contribution >= 0.6 is 0 Å². The van der Waals surface area contributed by atoms with E-state index >= 15 is 0 Å². The van der Waals surface area contributed by atoms with Gasteiger partial charge in [0.15, 0.2) is 6.20 Å². The van der Waals surface area contributed by atoms with E-state index in [0.717, 1.165) is 0 Å². The van der Waals surface area contributed by atoms with E-state index in [9.17, 15) is 0 Å². The molecular weight excluding hydrogens is 206 g/mol. The maximum absolute atomic E-state index is 2.28. The number of rotatable bonds is 2. The van der Waals surface area contributed by atoms with Crippen LogP contribution in [0.15, 0.2) is 42.6 Å². The largest absolute Gasteiger partial charge is 0.208 e. The lowest BCUT2D eigenvalue weighted by Crippen LogP contribution is -2.33. The first-order valence-corrected chi connectivity index (χ1v) is 6.18. The highest BCUT2D eigenvalue weighted by molar-refractivity contribution is 5.83. The first-order valence-electron chi connectivity index (χ1n) is 6.18. The van der Waals surface area contributed by atoms with E-state index in [0.29, 0.717) is 5.92 Å².